The van der Waals surface area contributed by atoms with Gasteiger partial charge in [-0.25, -0.2) is 4.90 Å². The number of anilines is 1. The molecule has 0 spiro atoms. The molecule has 1 aliphatic heterocycles. The summed E-state index contributed by atoms with van der Waals surface area (Å²) in [6, 6.07) is 37.5. The van der Waals surface area contributed by atoms with E-state index in [9.17, 15) is 10.1 Å². The molecule has 1 heterocycles. The van der Waals surface area contributed by atoms with Crippen LogP contribution in [0.5, 0.6) is 11.5 Å². The molecule has 5 aromatic carbocycles. The van der Waals surface area contributed by atoms with Gasteiger partial charge in [0.05, 0.1) is 47.5 Å². The molecule has 1 saturated heterocycles. The number of allylic oxidation sites excluding steroid dienone is 2. The first-order chi connectivity index (χ1) is 24.7. The van der Waals surface area contributed by atoms with Gasteiger partial charge in [0, 0.05) is 11.6 Å². The first-order valence-electron chi connectivity index (χ1n) is 16.5. The van der Waals surface area contributed by atoms with Crippen molar-refractivity contribution in [2.24, 2.45) is 11.8 Å². The summed E-state index contributed by atoms with van der Waals surface area (Å²) in [7, 11) is 3.15. The third-order valence-corrected chi connectivity index (χ3v) is 10.9. The largest absolute Gasteiger partial charge is 0.497 e. The Morgan fingerprint density at radius 2 is 1.06 bits per heavy atom. The van der Waals surface area contributed by atoms with Gasteiger partial charge in [0.25, 0.3) is 5.69 Å². The third kappa shape index (κ3) is 4.18. The Morgan fingerprint density at radius 3 is 1.45 bits per heavy atom. The van der Waals surface area contributed by atoms with E-state index in [0.29, 0.717) is 50.5 Å². The van der Waals surface area contributed by atoms with Crippen LogP contribution < -0.4 is 14.4 Å². The van der Waals surface area contributed by atoms with Crippen molar-refractivity contribution in [3.63, 3.8) is 0 Å². The van der Waals surface area contributed by atoms with Gasteiger partial charge < -0.3 is 9.47 Å². The molecule has 2 amide bonds. The van der Waals surface area contributed by atoms with E-state index < -0.39 is 39.4 Å². The molecule has 0 aromatic heterocycles. The van der Waals surface area contributed by atoms with Crippen molar-refractivity contribution in [1.82, 2.24) is 0 Å². The van der Waals surface area contributed by atoms with Gasteiger partial charge >= 0.3 is 0 Å². The number of nitrogens with zero attached hydrogens (tertiary/aromatic N) is 2. The number of fused-ring (bicyclic) bond motifs is 5. The fraction of sp³-hybridized carbons (Fsp3) is 0.167. The van der Waals surface area contributed by atoms with Crippen LogP contribution in [-0.2, 0) is 25.2 Å². The van der Waals surface area contributed by atoms with Crippen LogP contribution in [-0.4, -0.2) is 36.7 Å². The number of hydrogen-bond donors (Lipinski definition) is 0. The first-order valence-corrected chi connectivity index (χ1v) is 16.5. The van der Waals surface area contributed by atoms with Crippen molar-refractivity contribution in [3.8, 4) is 11.5 Å². The van der Waals surface area contributed by atoms with Crippen LogP contribution in [0.2, 0.25) is 0 Å². The van der Waals surface area contributed by atoms with Crippen molar-refractivity contribution in [1.29, 1.82) is 0 Å². The molecule has 3 aliphatic rings. The molecule has 2 fully saturated rings. The number of carbonyl (C=O) groups excluding carboxylic acids is 3. The second-order valence-electron chi connectivity index (χ2n) is 13.1. The molecule has 0 N–H and O–H groups in total. The summed E-state index contributed by atoms with van der Waals surface area (Å²) in [4.78, 5) is 59.0. The second kappa shape index (κ2) is 11.6. The highest BCUT2D eigenvalue weighted by molar-refractivity contribution is 6.39. The Bertz CT molecular complexity index is 2160. The van der Waals surface area contributed by atoms with E-state index in [1.807, 2.05) is 109 Å². The quantitative estimate of drug-likeness (QED) is 0.0977. The number of carbonyl (C=O) groups is 3. The normalized spacial score (nSPS) is 23.5. The SMILES string of the molecule is COc1ccc(C2=C(c3ccc(OC)cc3)[C@]3(c4ccccc4)C(=O)[C@]2(c2ccccc2)[C@@H]2C(=O)N(c4ccc(C)c([N+](=O)[O-])c4)C(=O)[C@H]23)cc1. The van der Waals surface area contributed by atoms with Gasteiger partial charge in [0.2, 0.25) is 11.8 Å². The number of rotatable bonds is 8. The zero-order valence-corrected chi connectivity index (χ0v) is 28.0. The highest BCUT2D eigenvalue weighted by atomic mass is 16.6. The molecule has 0 unspecified atom stereocenters. The van der Waals surface area contributed by atoms with Crippen molar-refractivity contribution in [2.75, 3.05) is 19.1 Å². The molecule has 2 aliphatic carbocycles. The fourth-order valence-corrected chi connectivity index (χ4v) is 8.83. The monoisotopic (exact) mass is 676 g/mol. The first kappa shape index (κ1) is 31.9. The lowest BCUT2D eigenvalue weighted by molar-refractivity contribution is -0.385. The Kier molecular flexibility index (Phi) is 7.27. The van der Waals surface area contributed by atoms with E-state index in [2.05, 4.69) is 0 Å². The average Bonchev–Trinajstić information content (AvgIpc) is 3.68. The lowest BCUT2D eigenvalue weighted by Crippen LogP contribution is -2.45. The number of ketones is 1. The number of nitro groups is 1. The van der Waals surface area contributed by atoms with Crippen molar-refractivity contribution in [3.05, 3.63) is 165 Å². The highest BCUT2D eigenvalue weighted by Gasteiger charge is 2.82. The van der Waals surface area contributed by atoms with Crippen LogP contribution in [0.25, 0.3) is 11.1 Å². The number of ether oxygens (including phenoxy) is 2. The molecular weight excluding hydrogens is 644 g/mol. The highest BCUT2D eigenvalue weighted by Crippen LogP contribution is 2.74. The van der Waals surface area contributed by atoms with E-state index >= 15 is 14.4 Å². The van der Waals surface area contributed by atoms with E-state index in [4.69, 9.17) is 9.47 Å². The van der Waals surface area contributed by atoms with Crippen molar-refractivity contribution in [2.45, 2.75) is 17.8 Å². The Hall–Kier alpha value is -6.35. The summed E-state index contributed by atoms with van der Waals surface area (Å²) in [5.74, 6) is -2.54. The maximum atomic E-state index is 16.1. The second-order valence-corrected chi connectivity index (χ2v) is 13.1. The number of benzene rings is 5. The van der Waals surface area contributed by atoms with E-state index in [-0.39, 0.29) is 17.2 Å². The molecule has 9 heteroatoms. The summed E-state index contributed by atoms with van der Waals surface area (Å²) in [5.41, 5.74) is 0.814. The fourth-order valence-electron chi connectivity index (χ4n) is 8.83. The van der Waals surface area contributed by atoms with Gasteiger partial charge in [0.15, 0.2) is 5.78 Å². The van der Waals surface area contributed by atoms with Crippen LogP contribution in [0, 0.1) is 28.9 Å². The predicted octanol–water partition coefficient (Wildman–Crippen LogP) is 7.11. The third-order valence-electron chi connectivity index (χ3n) is 10.9. The minimum atomic E-state index is -1.62. The molecule has 5 aromatic rings. The average molecular weight is 677 g/mol. The number of amides is 2. The molecule has 4 atom stereocenters. The summed E-state index contributed by atoms with van der Waals surface area (Å²) in [6.07, 6.45) is 0. The number of aryl methyl sites for hydroxylation is 1. The summed E-state index contributed by atoms with van der Waals surface area (Å²) >= 11 is 0. The Balaban J connectivity index is 1.52. The zero-order valence-electron chi connectivity index (χ0n) is 28.0. The van der Waals surface area contributed by atoms with Gasteiger partial charge in [-0.15, -0.1) is 0 Å². The topological polar surface area (TPSA) is 116 Å². The smallest absolute Gasteiger partial charge is 0.274 e. The van der Waals surface area contributed by atoms with Crippen LogP contribution in [0.4, 0.5) is 11.4 Å². The molecule has 0 radical (unpaired) electrons. The lowest BCUT2D eigenvalue weighted by atomic mass is 9.59. The number of methoxy groups -OCH3 is 2. The minimum Gasteiger partial charge on any atom is -0.497 e. The van der Waals surface area contributed by atoms with E-state index in [0.717, 1.165) is 4.90 Å². The van der Waals surface area contributed by atoms with Gasteiger partial charge in [-0.05, 0) is 70.7 Å². The molecule has 2 bridgehead atoms. The van der Waals surface area contributed by atoms with Gasteiger partial charge in [0.1, 0.15) is 11.5 Å². The van der Waals surface area contributed by atoms with Crippen LogP contribution in [0.15, 0.2) is 127 Å². The Labute approximate surface area is 293 Å². The van der Waals surface area contributed by atoms with E-state index in [1.54, 1.807) is 27.2 Å². The number of nitro benzene ring substituents is 1. The van der Waals surface area contributed by atoms with E-state index in [1.165, 1.54) is 12.1 Å². The number of hydrogen-bond acceptors (Lipinski definition) is 7. The van der Waals surface area contributed by atoms with Crippen LogP contribution >= 0.6 is 0 Å². The molecule has 8 rings (SSSR count). The molecule has 51 heavy (non-hydrogen) atoms. The molecule has 9 nitrogen and oxygen atoms in total. The van der Waals surface area contributed by atoms with Crippen molar-refractivity contribution < 1.29 is 28.8 Å². The van der Waals surface area contributed by atoms with Gasteiger partial charge in [-0.3, -0.25) is 24.5 Å². The summed E-state index contributed by atoms with van der Waals surface area (Å²) < 4.78 is 11.0. The molecule has 252 valence electrons. The summed E-state index contributed by atoms with van der Waals surface area (Å²) in [5, 5.41) is 12.0. The maximum Gasteiger partial charge on any atom is 0.274 e. The predicted molar refractivity (Wildman–Crippen MR) is 191 cm³/mol. The van der Waals surface area contributed by atoms with Gasteiger partial charge in [-0.2, -0.15) is 0 Å². The zero-order chi connectivity index (χ0) is 35.7. The Morgan fingerprint density at radius 1 is 0.627 bits per heavy atom. The molecular formula is C42H32N2O7. The summed E-state index contributed by atoms with van der Waals surface area (Å²) in [6.45, 7) is 1.60. The number of Topliss-reactive ketones (excluding diaryl/α,β-unsaturated/α-hetero) is 1. The maximum absolute atomic E-state index is 16.1. The number of imide groups is 1. The standard InChI is InChI=1S/C42H32N2O7/c1-25-14-19-30(24-33(25)44(48)49)43-38(45)36-37(39(43)46)42(29-12-8-5-9-13-29)35(27-17-22-32(51-3)23-18-27)34(26-15-20-31(50-2)21-16-26)41(36,40(42)47)28-10-6-4-7-11-28/h4-24,36-37H,1-3H3/t36-,37-,41-,42-/m0/s1. The van der Waals surface area contributed by atoms with Crippen LogP contribution in [0.3, 0.4) is 0 Å². The van der Waals surface area contributed by atoms with Gasteiger partial charge in [-0.1, -0.05) is 91.0 Å². The minimum absolute atomic E-state index is 0.0898. The molecule has 1 saturated carbocycles. The lowest BCUT2D eigenvalue weighted by Gasteiger charge is -2.39. The van der Waals surface area contributed by atoms with Crippen LogP contribution in [0.1, 0.15) is 27.8 Å². The van der Waals surface area contributed by atoms with Crippen molar-refractivity contribution >= 4 is 40.1 Å².